The van der Waals surface area contributed by atoms with Gasteiger partial charge >= 0.3 is 11.9 Å². The number of hydrogen-bond donors (Lipinski definition) is 2. The largest absolute Gasteiger partial charge is 0.494 e. The summed E-state index contributed by atoms with van der Waals surface area (Å²) in [5, 5.41) is 0. The third kappa shape index (κ3) is 15.0. The molecule has 0 spiro atoms. The maximum absolute atomic E-state index is 12.2. The summed E-state index contributed by atoms with van der Waals surface area (Å²) in [4.78, 5) is 24.3. The summed E-state index contributed by atoms with van der Waals surface area (Å²) < 4.78 is 22.3. The van der Waals surface area contributed by atoms with Gasteiger partial charge in [0.1, 0.15) is 17.2 Å². The van der Waals surface area contributed by atoms with Gasteiger partial charge in [0.05, 0.1) is 25.4 Å². The van der Waals surface area contributed by atoms with Crippen molar-refractivity contribution in [2.24, 2.45) is 0 Å². The van der Waals surface area contributed by atoms with Crippen LogP contribution in [0.5, 0.6) is 17.2 Å². The molecule has 0 radical (unpaired) electrons. The van der Waals surface area contributed by atoms with Gasteiger partial charge in [0, 0.05) is 17.5 Å². The van der Waals surface area contributed by atoms with Crippen LogP contribution in [0, 0.1) is 0 Å². The lowest BCUT2D eigenvalue weighted by atomic mass is 10.1. The molecule has 248 valence electrons. The normalized spacial score (nSPS) is 11.0. The third-order valence-electron chi connectivity index (χ3n) is 7.35. The molecule has 0 aliphatic carbocycles. The molecule has 4 N–H and O–H groups in total. The smallest absolute Gasteiger partial charge is 0.338 e. The number of esters is 2. The molecular weight excluding hydrogens is 580 g/mol. The van der Waals surface area contributed by atoms with E-state index in [4.69, 9.17) is 30.4 Å². The van der Waals surface area contributed by atoms with Crippen molar-refractivity contribution in [3.05, 3.63) is 83.9 Å². The molecule has 0 saturated carbocycles. The molecule has 0 amide bonds. The molecule has 8 heteroatoms. The van der Waals surface area contributed by atoms with Crippen molar-refractivity contribution in [3.63, 3.8) is 0 Å². The van der Waals surface area contributed by atoms with E-state index in [-0.39, 0.29) is 5.97 Å². The summed E-state index contributed by atoms with van der Waals surface area (Å²) in [7, 11) is 0. The Labute approximate surface area is 274 Å². The summed E-state index contributed by atoms with van der Waals surface area (Å²) in [5.41, 5.74) is 13.7. The van der Waals surface area contributed by atoms with E-state index >= 15 is 0 Å². The van der Waals surface area contributed by atoms with E-state index < -0.39 is 5.97 Å². The van der Waals surface area contributed by atoms with Crippen molar-refractivity contribution in [2.75, 3.05) is 31.3 Å². The van der Waals surface area contributed by atoms with Crippen molar-refractivity contribution < 1.29 is 28.5 Å². The van der Waals surface area contributed by atoms with Crippen molar-refractivity contribution >= 4 is 29.4 Å². The van der Waals surface area contributed by atoms with Gasteiger partial charge in [-0.2, -0.15) is 0 Å². The van der Waals surface area contributed by atoms with Gasteiger partial charge in [-0.25, -0.2) is 9.59 Å². The van der Waals surface area contributed by atoms with Gasteiger partial charge in [0.2, 0.25) is 0 Å². The fraction of sp³-hybridized carbons (Fsp3) is 0.421. The minimum atomic E-state index is -0.433. The second-order valence-corrected chi connectivity index (χ2v) is 11.4. The fourth-order valence-electron chi connectivity index (χ4n) is 4.81. The van der Waals surface area contributed by atoms with E-state index in [1.54, 1.807) is 36.4 Å². The molecule has 3 aromatic rings. The van der Waals surface area contributed by atoms with E-state index in [1.807, 2.05) is 36.4 Å². The molecule has 0 aliphatic rings. The summed E-state index contributed by atoms with van der Waals surface area (Å²) in [5.74, 6) is 1.26. The third-order valence-corrected chi connectivity index (χ3v) is 7.35. The van der Waals surface area contributed by atoms with E-state index in [0.29, 0.717) is 42.5 Å². The number of benzene rings is 3. The van der Waals surface area contributed by atoms with E-state index in [1.165, 1.54) is 31.8 Å². The van der Waals surface area contributed by atoms with E-state index in [2.05, 4.69) is 6.92 Å². The summed E-state index contributed by atoms with van der Waals surface area (Å²) in [6.45, 7) is 3.95. The zero-order valence-corrected chi connectivity index (χ0v) is 27.2. The number of rotatable bonds is 22. The van der Waals surface area contributed by atoms with Crippen LogP contribution in [-0.2, 0) is 9.53 Å². The minimum absolute atomic E-state index is 0.381. The first-order chi connectivity index (χ1) is 22.4. The molecule has 3 aromatic carbocycles. The van der Waals surface area contributed by atoms with Crippen LogP contribution in [0.4, 0.5) is 11.4 Å². The predicted octanol–water partition coefficient (Wildman–Crippen LogP) is 8.79. The highest BCUT2D eigenvalue weighted by atomic mass is 16.5. The van der Waals surface area contributed by atoms with Crippen LogP contribution in [0.3, 0.4) is 0 Å². The Hall–Kier alpha value is -4.46. The van der Waals surface area contributed by atoms with Crippen molar-refractivity contribution in [1.29, 1.82) is 0 Å². The standard InChI is InChI=1S/C38H50N2O6/c1-2-3-11-24-43-35-19-21-36(22-20-35)46-37(41)23-16-30-14-17-34(18-15-30)44-25-12-9-7-5-4-6-8-10-13-26-45-38(42)31-27-32(39)29-33(40)28-31/h14-23,27-29H,2-13,24-26,39-40H2,1H3/b23-16+. The number of carbonyl (C=O) groups excluding carboxylic acids is 2. The Kier molecular flexibility index (Phi) is 16.7. The van der Waals surface area contributed by atoms with Gasteiger partial charge in [-0.3, -0.25) is 0 Å². The van der Waals surface area contributed by atoms with Gasteiger partial charge in [-0.05, 0) is 85.5 Å². The quantitative estimate of drug-likeness (QED) is 0.0371. The molecule has 0 fully saturated rings. The average Bonchev–Trinajstić information content (AvgIpc) is 3.05. The molecule has 8 nitrogen and oxygen atoms in total. The zero-order valence-electron chi connectivity index (χ0n) is 27.2. The number of nitrogen functional groups attached to an aromatic ring is 2. The number of ether oxygens (including phenoxy) is 4. The highest BCUT2D eigenvalue weighted by Crippen LogP contribution is 2.19. The molecule has 0 heterocycles. The summed E-state index contributed by atoms with van der Waals surface area (Å²) in [6.07, 6.45) is 16.5. The Morgan fingerprint density at radius 1 is 0.609 bits per heavy atom. The lowest BCUT2D eigenvalue weighted by molar-refractivity contribution is -0.128. The fourth-order valence-corrected chi connectivity index (χ4v) is 4.81. The van der Waals surface area contributed by atoms with Gasteiger partial charge in [-0.1, -0.05) is 76.8 Å². The van der Waals surface area contributed by atoms with Crippen LogP contribution in [0.1, 0.15) is 99.9 Å². The maximum atomic E-state index is 12.2. The highest BCUT2D eigenvalue weighted by Gasteiger charge is 2.08. The number of unbranched alkanes of at least 4 members (excludes halogenated alkanes) is 10. The van der Waals surface area contributed by atoms with Crippen LogP contribution >= 0.6 is 0 Å². The van der Waals surface area contributed by atoms with Gasteiger partial charge in [-0.15, -0.1) is 0 Å². The first kappa shape index (κ1) is 36.0. The Morgan fingerprint density at radius 2 is 1.09 bits per heavy atom. The van der Waals surface area contributed by atoms with E-state index in [9.17, 15) is 9.59 Å². The number of anilines is 2. The topological polar surface area (TPSA) is 123 Å². The summed E-state index contributed by atoms with van der Waals surface area (Å²) in [6, 6.07) is 19.5. The SMILES string of the molecule is CCCCCOc1ccc(OC(=O)/C=C/c2ccc(OCCCCCCCCCCCOC(=O)c3cc(N)cc(N)c3)cc2)cc1. The first-order valence-electron chi connectivity index (χ1n) is 16.6. The highest BCUT2D eigenvalue weighted by molar-refractivity contribution is 5.91. The number of hydrogen-bond acceptors (Lipinski definition) is 8. The van der Waals surface area contributed by atoms with E-state index in [0.717, 1.165) is 68.4 Å². The van der Waals surface area contributed by atoms with Crippen LogP contribution in [-0.4, -0.2) is 31.8 Å². The van der Waals surface area contributed by atoms with Gasteiger partial charge in [0.15, 0.2) is 0 Å². The van der Waals surface area contributed by atoms with Crippen molar-refractivity contribution in [1.82, 2.24) is 0 Å². The zero-order chi connectivity index (χ0) is 32.8. The lowest BCUT2D eigenvalue weighted by Crippen LogP contribution is -2.07. The first-order valence-corrected chi connectivity index (χ1v) is 16.6. The molecule has 0 aromatic heterocycles. The second kappa shape index (κ2) is 21.3. The van der Waals surface area contributed by atoms with Crippen molar-refractivity contribution in [2.45, 2.75) is 84.0 Å². The average molecular weight is 631 g/mol. The number of carbonyl (C=O) groups is 2. The van der Waals surface area contributed by atoms with Gasteiger partial charge < -0.3 is 30.4 Å². The van der Waals surface area contributed by atoms with Crippen molar-refractivity contribution in [3.8, 4) is 17.2 Å². The van der Waals surface area contributed by atoms with Gasteiger partial charge in [0.25, 0.3) is 0 Å². The molecule has 0 atom stereocenters. The molecule has 3 rings (SSSR count). The molecule has 46 heavy (non-hydrogen) atoms. The van der Waals surface area contributed by atoms with Crippen LogP contribution in [0.15, 0.2) is 72.8 Å². The molecule has 0 saturated heterocycles. The Morgan fingerprint density at radius 3 is 1.65 bits per heavy atom. The second-order valence-electron chi connectivity index (χ2n) is 11.4. The van der Waals surface area contributed by atoms with Crippen LogP contribution < -0.4 is 25.7 Å². The monoisotopic (exact) mass is 630 g/mol. The van der Waals surface area contributed by atoms with Crippen LogP contribution in [0.2, 0.25) is 0 Å². The lowest BCUT2D eigenvalue weighted by Gasteiger charge is -2.07. The van der Waals surface area contributed by atoms with Crippen LogP contribution in [0.25, 0.3) is 6.08 Å². The number of nitrogens with two attached hydrogens (primary N) is 2. The Balaban J connectivity index is 1.16. The predicted molar refractivity (Wildman–Crippen MR) is 185 cm³/mol. The molecule has 0 aliphatic heterocycles. The molecule has 0 unspecified atom stereocenters. The Bertz CT molecular complexity index is 1320. The summed E-state index contributed by atoms with van der Waals surface area (Å²) >= 11 is 0. The minimum Gasteiger partial charge on any atom is -0.494 e. The molecular formula is C38H50N2O6. The maximum Gasteiger partial charge on any atom is 0.338 e. The molecule has 0 bridgehead atoms.